The predicted molar refractivity (Wildman–Crippen MR) is 129 cm³/mol. The quantitative estimate of drug-likeness (QED) is 0.315. The van der Waals surface area contributed by atoms with Crippen LogP contribution in [-0.4, -0.2) is 26.6 Å². The molecule has 1 aliphatic carbocycles. The first-order valence-electron chi connectivity index (χ1n) is 11.2. The van der Waals surface area contributed by atoms with Crippen LogP contribution in [0.4, 0.5) is 9.59 Å². The maximum atomic E-state index is 12.9. The van der Waals surface area contributed by atoms with Crippen molar-refractivity contribution in [1.82, 2.24) is 0 Å². The smallest absolute Gasteiger partial charge is 0.452 e. The number of hydrogen-bond acceptors (Lipinski definition) is 4. The summed E-state index contributed by atoms with van der Waals surface area (Å²) in [4.78, 5) is 25.0. The van der Waals surface area contributed by atoms with Crippen molar-refractivity contribution in [2.75, 3.05) is 0 Å². The molecule has 1 fully saturated rings. The van der Waals surface area contributed by atoms with E-state index < -0.39 is 20.5 Å². The number of benzene rings is 3. The van der Waals surface area contributed by atoms with Crippen molar-refractivity contribution >= 4 is 36.1 Å². The Bertz CT molecular complexity index is 988. The van der Waals surface area contributed by atoms with Crippen molar-refractivity contribution < 1.29 is 18.8 Å². The molecule has 0 aliphatic heterocycles. The lowest BCUT2D eigenvalue weighted by Crippen LogP contribution is -2.69. The third-order valence-electron chi connectivity index (χ3n) is 5.81. The molecule has 7 heteroatoms. The van der Waals surface area contributed by atoms with Gasteiger partial charge in [0.15, 0.2) is 0 Å². The molecule has 0 unspecified atom stereocenters. The topological polar surface area (TPSA) is 77.3 Å². The summed E-state index contributed by atoms with van der Waals surface area (Å²) in [6.45, 7) is 0. The van der Waals surface area contributed by atoms with Crippen LogP contribution in [0.2, 0.25) is 0 Å². The van der Waals surface area contributed by atoms with Crippen molar-refractivity contribution in [2.24, 2.45) is 10.2 Å². The largest absolute Gasteiger partial charge is 0.487 e. The van der Waals surface area contributed by atoms with Crippen molar-refractivity contribution in [2.45, 2.75) is 38.2 Å². The molecular weight excluding hydrogens is 432 g/mol. The Hall–Kier alpha value is -3.58. The third-order valence-corrected chi connectivity index (χ3v) is 9.73. The van der Waals surface area contributed by atoms with Crippen LogP contribution in [0.15, 0.2) is 101 Å². The maximum Gasteiger partial charge on any atom is 0.452 e. The molecule has 3 aromatic carbocycles. The SMILES string of the molecule is O=C(/N=N/C(=O)O[Si](c1ccccc1)(c1ccccc1)c1ccccc1)OC1CCCCC1. The van der Waals surface area contributed by atoms with E-state index in [-0.39, 0.29) is 6.10 Å². The molecule has 3 aromatic rings. The number of hydrogen-bond donors (Lipinski definition) is 0. The molecule has 6 nitrogen and oxygen atoms in total. The second-order valence-corrected chi connectivity index (χ2v) is 11.3. The third kappa shape index (κ3) is 5.43. The minimum Gasteiger partial charge on any atom is -0.487 e. The van der Waals surface area contributed by atoms with Gasteiger partial charge in [0, 0.05) is 0 Å². The monoisotopic (exact) mass is 458 g/mol. The van der Waals surface area contributed by atoms with Crippen molar-refractivity contribution in [3.8, 4) is 0 Å². The van der Waals surface area contributed by atoms with Crippen LogP contribution in [-0.2, 0) is 9.16 Å². The summed E-state index contributed by atoms with van der Waals surface area (Å²) in [7, 11) is -3.26. The van der Waals surface area contributed by atoms with Crippen LogP contribution in [0.1, 0.15) is 32.1 Å². The lowest BCUT2D eigenvalue weighted by atomic mass is 9.98. The van der Waals surface area contributed by atoms with Gasteiger partial charge in [-0.3, -0.25) is 0 Å². The van der Waals surface area contributed by atoms with Crippen LogP contribution in [0.3, 0.4) is 0 Å². The summed E-state index contributed by atoms with van der Waals surface area (Å²) < 4.78 is 11.5. The van der Waals surface area contributed by atoms with Gasteiger partial charge < -0.3 is 9.16 Å². The maximum absolute atomic E-state index is 12.9. The molecule has 33 heavy (non-hydrogen) atoms. The summed E-state index contributed by atoms with van der Waals surface area (Å²) in [6, 6.07) is 29.0. The summed E-state index contributed by atoms with van der Waals surface area (Å²) in [6.07, 6.45) is 2.90. The summed E-state index contributed by atoms with van der Waals surface area (Å²) in [5, 5.41) is 9.72. The predicted octanol–water partition coefficient (Wildman–Crippen LogP) is 4.71. The Balaban J connectivity index is 1.65. The van der Waals surface area contributed by atoms with E-state index in [2.05, 4.69) is 10.2 Å². The fourth-order valence-electron chi connectivity index (χ4n) is 4.28. The first-order chi connectivity index (χ1) is 16.2. The number of carbonyl (C=O) groups is 2. The molecule has 0 radical (unpaired) electrons. The fraction of sp³-hybridized carbons (Fsp3) is 0.231. The van der Waals surface area contributed by atoms with Crippen molar-refractivity contribution in [3.63, 3.8) is 0 Å². The minimum absolute atomic E-state index is 0.160. The average molecular weight is 459 g/mol. The molecule has 2 amide bonds. The molecular formula is C26H26N2O4Si. The van der Waals surface area contributed by atoms with Gasteiger partial charge in [-0.15, -0.1) is 0 Å². The van der Waals surface area contributed by atoms with Gasteiger partial charge in [0.05, 0.1) is 0 Å². The molecule has 0 spiro atoms. The van der Waals surface area contributed by atoms with E-state index in [0.29, 0.717) is 0 Å². The Kier molecular flexibility index (Phi) is 7.42. The molecule has 168 valence electrons. The van der Waals surface area contributed by atoms with Crippen LogP contribution < -0.4 is 15.6 Å². The lowest BCUT2D eigenvalue weighted by Gasteiger charge is -2.31. The highest BCUT2D eigenvalue weighted by Gasteiger charge is 2.45. The molecule has 0 heterocycles. The Morgan fingerprint density at radius 3 is 1.52 bits per heavy atom. The van der Waals surface area contributed by atoms with E-state index >= 15 is 0 Å². The number of carbonyl (C=O) groups excluding carboxylic acids is 2. The number of amides is 2. The van der Waals surface area contributed by atoms with Gasteiger partial charge in [-0.1, -0.05) is 108 Å². The molecule has 0 N–H and O–H groups in total. The molecule has 0 aromatic heterocycles. The zero-order valence-electron chi connectivity index (χ0n) is 18.3. The van der Waals surface area contributed by atoms with Crippen LogP contribution in [0, 0.1) is 0 Å². The highest BCUT2D eigenvalue weighted by Crippen LogP contribution is 2.20. The van der Waals surface area contributed by atoms with Gasteiger partial charge in [-0.2, -0.15) is 0 Å². The van der Waals surface area contributed by atoms with E-state index in [1.54, 1.807) is 0 Å². The summed E-state index contributed by atoms with van der Waals surface area (Å²) in [5.74, 6) is 0. The normalized spacial score (nSPS) is 14.7. The summed E-state index contributed by atoms with van der Waals surface area (Å²) >= 11 is 0. The van der Waals surface area contributed by atoms with E-state index in [4.69, 9.17) is 9.16 Å². The van der Waals surface area contributed by atoms with Gasteiger partial charge in [0.25, 0.3) is 0 Å². The second-order valence-electron chi connectivity index (χ2n) is 7.99. The van der Waals surface area contributed by atoms with Gasteiger partial charge in [0.1, 0.15) is 6.10 Å². The van der Waals surface area contributed by atoms with Crippen LogP contribution in [0.25, 0.3) is 0 Å². The molecule has 1 saturated carbocycles. The zero-order chi connectivity index (χ0) is 22.9. The summed E-state index contributed by atoms with van der Waals surface area (Å²) in [5.41, 5.74) is 0. The lowest BCUT2D eigenvalue weighted by molar-refractivity contribution is 0.0817. The van der Waals surface area contributed by atoms with Crippen molar-refractivity contribution in [3.05, 3.63) is 91.0 Å². The van der Waals surface area contributed by atoms with Crippen LogP contribution in [0.5, 0.6) is 0 Å². The molecule has 1 aliphatic rings. The molecule has 0 bridgehead atoms. The first-order valence-corrected chi connectivity index (χ1v) is 13.1. The highest BCUT2D eigenvalue weighted by atomic mass is 28.4. The Morgan fingerprint density at radius 2 is 1.06 bits per heavy atom. The van der Waals surface area contributed by atoms with Gasteiger partial charge in [-0.05, 0) is 41.2 Å². The first kappa shape index (κ1) is 22.6. The van der Waals surface area contributed by atoms with E-state index in [9.17, 15) is 9.59 Å². The Labute approximate surface area is 194 Å². The van der Waals surface area contributed by atoms with Gasteiger partial charge in [-0.25, -0.2) is 9.59 Å². The Morgan fingerprint density at radius 1 is 0.636 bits per heavy atom. The number of azo groups is 1. The highest BCUT2D eigenvalue weighted by molar-refractivity contribution is 7.07. The number of rotatable bonds is 5. The van der Waals surface area contributed by atoms with Crippen molar-refractivity contribution in [1.29, 1.82) is 0 Å². The average Bonchev–Trinajstić information content (AvgIpc) is 2.88. The van der Waals surface area contributed by atoms with Gasteiger partial charge >= 0.3 is 20.5 Å². The second kappa shape index (κ2) is 10.8. The fourth-order valence-corrected chi connectivity index (χ4v) is 7.92. The van der Waals surface area contributed by atoms with E-state index in [1.807, 2.05) is 91.0 Å². The zero-order valence-corrected chi connectivity index (χ0v) is 19.3. The molecule has 4 rings (SSSR count). The van der Waals surface area contributed by atoms with Crippen LogP contribution >= 0.6 is 0 Å². The van der Waals surface area contributed by atoms with E-state index in [1.165, 1.54) is 0 Å². The number of nitrogens with zero attached hydrogens (tertiary/aromatic N) is 2. The number of ether oxygens (including phenoxy) is 1. The molecule has 0 saturated heterocycles. The van der Waals surface area contributed by atoms with Gasteiger partial charge in [0.2, 0.25) is 0 Å². The standard InChI is InChI=1S/C26H26N2O4Si/c29-25(31-21-13-5-1-6-14-21)27-28-26(30)32-33(22-15-7-2-8-16-22,23-17-9-3-10-18-23)24-19-11-4-12-20-24/h2-4,7-12,15-21H,1,5-6,13-14H2/b28-27+. The minimum atomic E-state index is -3.26. The molecule has 0 atom stereocenters. The van der Waals surface area contributed by atoms with E-state index in [0.717, 1.165) is 47.7 Å².